The second kappa shape index (κ2) is 4.73. The molecule has 1 aliphatic rings. The molecule has 0 heterocycles. The first kappa shape index (κ1) is 9.01. The Hall–Kier alpha value is -0.0800. The van der Waals surface area contributed by atoms with Crippen molar-refractivity contribution >= 4 is 0 Å². The number of nitrogens with zero attached hydrogens (tertiary/aromatic N) is 1. The Morgan fingerprint density at radius 1 is 1.27 bits per heavy atom. The van der Waals surface area contributed by atoms with Crippen LogP contribution in [0.25, 0.3) is 0 Å². The van der Waals surface area contributed by atoms with E-state index >= 15 is 0 Å². The number of rotatable bonds is 3. The average Bonchev–Trinajstić information content (AvgIpc) is 2.03. The summed E-state index contributed by atoms with van der Waals surface area (Å²) in [5, 5.41) is 10.2. The molecule has 2 heteroatoms. The van der Waals surface area contributed by atoms with Gasteiger partial charge in [0, 0.05) is 13.6 Å². The first-order valence-electron chi connectivity index (χ1n) is 4.69. The Morgan fingerprint density at radius 2 is 1.91 bits per heavy atom. The summed E-state index contributed by atoms with van der Waals surface area (Å²) in [6, 6.07) is 0. The van der Waals surface area contributed by atoms with Gasteiger partial charge in [0.15, 0.2) is 0 Å². The minimum atomic E-state index is 0.838. The molecule has 1 N–H and O–H groups in total. The van der Waals surface area contributed by atoms with Crippen molar-refractivity contribution in [1.29, 1.82) is 0 Å². The van der Waals surface area contributed by atoms with E-state index in [1.54, 1.807) is 7.05 Å². The van der Waals surface area contributed by atoms with Crippen molar-refractivity contribution in [1.82, 2.24) is 5.06 Å². The van der Waals surface area contributed by atoms with Gasteiger partial charge in [0.2, 0.25) is 0 Å². The van der Waals surface area contributed by atoms with Gasteiger partial charge in [-0.2, -0.15) is 5.06 Å². The molecule has 0 radical (unpaired) electrons. The molecule has 0 unspecified atom stereocenters. The van der Waals surface area contributed by atoms with Crippen molar-refractivity contribution < 1.29 is 5.21 Å². The maximum absolute atomic E-state index is 8.92. The highest BCUT2D eigenvalue weighted by atomic mass is 16.5. The zero-order valence-corrected chi connectivity index (χ0v) is 7.42. The van der Waals surface area contributed by atoms with Gasteiger partial charge in [-0.1, -0.05) is 32.1 Å². The molecule has 0 amide bonds. The minimum absolute atomic E-state index is 0.838. The third kappa shape index (κ3) is 3.73. The number of hydroxylamine groups is 2. The molecule has 0 bridgehead atoms. The fraction of sp³-hybridized carbons (Fsp3) is 1.00. The van der Waals surface area contributed by atoms with E-state index in [0.717, 1.165) is 12.5 Å². The van der Waals surface area contributed by atoms with Crippen molar-refractivity contribution in [3.63, 3.8) is 0 Å². The molecular formula is C9H19NO. The summed E-state index contributed by atoms with van der Waals surface area (Å²) < 4.78 is 0. The monoisotopic (exact) mass is 157 g/mol. The first-order valence-corrected chi connectivity index (χ1v) is 4.69. The van der Waals surface area contributed by atoms with Gasteiger partial charge < -0.3 is 5.21 Å². The normalized spacial score (nSPS) is 21.0. The van der Waals surface area contributed by atoms with Gasteiger partial charge in [0.05, 0.1) is 0 Å². The van der Waals surface area contributed by atoms with Crippen LogP contribution in [0.4, 0.5) is 0 Å². The van der Waals surface area contributed by atoms with Crippen LogP contribution in [0.1, 0.15) is 38.5 Å². The molecule has 1 rings (SSSR count). The Balaban J connectivity index is 2.05. The fourth-order valence-corrected chi connectivity index (χ4v) is 1.85. The molecule has 0 aromatic rings. The van der Waals surface area contributed by atoms with E-state index in [1.807, 2.05) is 0 Å². The topological polar surface area (TPSA) is 23.5 Å². The zero-order chi connectivity index (χ0) is 8.10. The highest BCUT2D eigenvalue weighted by Gasteiger charge is 2.12. The van der Waals surface area contributed by atoms with Gasteiger partial charge in [-0.15, -0.1) is 0 Å². The van der Waals surface area contributed by atoms with Crippen LogP contribution in [0.2, 0.25) is 0 Å². The van der Waals surface area contributed by atoms with Crippen molar-refractivity contribution in [2.24, 2.45) is 5.92 Å². The van der Waals surface area contributed by atoms with Crippen LogP contribution in [0.3, 0.4) is 0 Å². The van der Waals surface area contributed by atoms with Crippen molar-refractivity contribution in [2.75, 3.05) is 13.6 Å². The summed E-state index contributed by atoms with van der Waals surface area (Å²) in [5.74, 6) is 0.887. The fourth-order valence-electron chi connectivity index (χ4n) is 1.85. The van der Waals surface area contributed by atoms with E-state index in [-0.39, 0.29) is 0 Å². The van der Waals surface area contributed by atoms with E-state index in [4.69, 9.17) is 5.21 Å². The van der Waals surface area contributed by atoms with Crippen molar-refractivity contribution in [3.8, 4) is 0 Å². The summed E-state index contributed by atoms with van der Waals surface area (Å²) in [5.41, 5.74) is 0. The molecule has 0 spiro atoms. The predicted octanol–water partition coefficient (Wildman–Crippen LogP) is 2.28. The molecule has 0 aliphatic heterocycles. The SMILES string of the molecule is CN(O)CCC1CCCCC1. The van der Waals surface area contributed by atoms with E-state index in [0.29, 0.717) is 0 Å². The van der Waals surface area contributed by atoms with Crippen molar-refractivity contribution in [2.45, 2.75) is 38.5 Å². The molecule has 66 valence electrons. The lowest BCUT2D eigenvalue weighted by molar-refractivity contribution is -0.0688. The molecule has 0 atom stereocenters. The maximum Gasteiger partial charge on any atom is 0.0237 e. The molecule has 1 saturated carbocycles. The molecule has 1 fully saturated rings. The molecular weight excluding hydrogens is 138 g/mol. The Kier molecular flexibility index (Phi) is 3.87. The molecule has 1 aliphatic carbocycles. The molecule has 2 nitrogen and oxygen atoms in total. The first-order chi connectivity index (χ1) is 5.29. The lowest BCUT2D eigenvalue weighted by atomic mass is 9.87. The lowest BCUT2D eigenvalue weighted by Crippen LogP contribution is -2.18. The van der Waals surface area contributed by atoms with Crippen LogP contribution in [-0.2, 0) is 0 Å². The van der Waals surface area contributed by atoms with E-state index in [2.05, 4.69) is 0 Å². The van der Waals surface area contributed by atoms with Crippen LogP contribution in [0, 0.1) is 5.92 Å². The second-order valence-corrected chi connectivity index (χ2v) is 3.67. The van der Waals surface area contributed by atoms with Crippen LogP contribution in [-0.4, -0.2) is 23.9 Å². The predicted molar refractivity (Wildman–Crippen MR) is 45.6 cm³/mol. The summed E-state index contributed by atoms with van der Waals surface area (Å²) in [6.07, 6.45) is 8.17. The van der Waals surface area contributed by atoms with Gasteiger partial charge in [-0.25, -0.2) is 0 Å². The number of hydrogen-bond acceptors (Lipinski definition) is 2. The summed E-state index contributed by atoms with van der Waals surface area (Å²) in [7, 11) is 1.73. The van der Waals surface area contributed by atoms with Gasteiger partial charge >= 0.3 is 0 Å². The maximum atomic E-state index is 8.92. The van der Waals surface area contributed by atoms with Gasteiger partial charge in [-0.3, -0.25) is 0 Å². The third-order valence-corrected chi connectivity index (χ3v) is 2.59. The van der Waals surface area contributed by atoms with Crippen LogP contribution < -0.4 is 0 Å². The highest BCUT2D eigenvalue weighted by Crippen LogP contribution is 2.25. The largest absolute Gasteiger partial charge is 0.314 e. The van der Waals surface area contributed by atoms with Crippen LogP contribution in [0.15, 0.2) is 0 Å². The smallest absolute Gasteiger partial charge is 0.0237 e. The Bertz CT molecular complexity index is 97.7. The lowest BCUT2D eigenvalue weighted by Gasteiger charge is -2.22. The summed E-state index contributed by atoms with van der Waals surface area (Å²) >= 11 is 0. The average molecular weight is 157 g/mol. The second-order valence-electron chi connectivity index (χ2n) is 3.67. The molecule has 0 saturated heterocycles. The summed E-state index contributed by atoms with van der Waals surface area (Å²) in [6.45, 7) is 0.838. The zero-order valence-electron chi connectivity index (χ0n) is 7.42. The third-order valence-electron chi connectivity index (χ3n) is 2.59. The van der Waals surface area contributed by atoms with E-state index in [1.165, 1.54) is 43.6 Å². The van der Waals surface area contributed by atoms with Gasteiger partial charge in [0.25, 0.3) is 0 Å². The van der Waals surface area contributed by atoms with Crippen molar-refractivity contribution in [3.05, 3.63) is 0 Å². The molecule has 0 aromatic carbocycles. The van der Waals surface area contributed by atoms with Gasteiger partial charge in [0.1, 0.15) is 0 Å². The highest BCUT2D eigenvalue weighted by molar-refractivity contribution is 4.65. The number of hydrogen-bond donors (Lipinski definition) is 1. The Labute approximate surface area is 69.2 Å². The van der Waals surface area contributed by atoms with E-state index < -0.39 is 0 Å². The standard InChI is InChI=1S/C9H19NO/c1-10(11)8-7-9-5-3-2-4-6-9/h9,11H,2-8H2,1H3. The molecule has 0 aromatic heterocycles. The van der Waals surface area contributed by atoms with Gasteiger partial charge in [-0.05, 0) is 12.3 Å². The Morgan fingerprint density at radius 3 is 2.45 bits per heavy atom. The van der Waals surface area contributed by atoms with E-state index in [9.17, 15) is 0 Å². The van der Waals surface area contributed by atoms with Crippen LogP contribution in [0.5, 0.6) is 0 Å². The quantitative estimate of drug-likeness (QED) is 0.635. The molecule has 11 heavy (non-hydrogen) atoms. The minimum Gasteiger partial charge on any atom is -0.314 e. The van der Waals surface area contributed by atoms with Crippen LogP contribution >= 0.6 is 0 Å². The summed E-state index contributed by atoms with van der Waals surface area (Å²) in [4.78, 5) is 0.